The van der Waals surface area contributed by atoms with E-state index in [0.29, 0.717) is 13.1 Å². The van der Waals surface area contributed by atoms with E-state index in [4.69, 9.17) is 8.92 Å². The molecule has 1 aromatic carbocycles. The average Bonchev–Trinajstić information content (AvgIpc) is 2.65. The molecule has 1 unspecified atom stereocenters. The maximum absolute atomic E-state index is 12.7. The number of nitrogens with one attached hydrogen (secondary N) is 1. The van der Waals surface area contributed by atoms with Gasteiger partial charge in [0.15, 0.2) is 0 Å². The van der Waals surface area contributed by atoms with Gasteiger partial charge in [-0.15, -0.1) is 0 Å². The quantitative estimate of drug-likeness (QED) is 0.683. The predicted molar refractivity (Wildman–Crippen MR) is 112 cm³/mol. The number of alkyl carbamates (subject to hydrolysis) is 1. The summed E-state index contributed by atoms with van der Waals surface area (Å²) in [6.07, 6.45) is 0.856. The lowest BCUT2D eigenvalue weighted by Gasteiger charge is -2.34. The standard InChI is InChI=1S/C21H32N2O6S/c1-15-8-10-18(11-9-15)30(26,27)28-14-17-7-6-12-23(13-17)19(24)16(2)22-20(25)29-21(3,4)5/h8-11,16-17H,6-7,12-14H2,1-5H3,(H,22,25)/t16-,17?/m0/s1. The minimum absolute atomic E-state index is 0.00780. The van der Waals surface area contributed by atoms with E-state index >= 15 is 0 Å². The Labute approximate surface area is 179 Å². The van der Waals surface area contributed by atoms with E-state index in [1.807, 2.05) is 6.92 Å². The van der Waals surface area contributed by atoms with Crippen LogP contribution in [0, 0.1) is 12.8 Å². The largest absolute Gasteiger partial charge is 0.444 e. The van der Waals surface area contributed by atoms with Crippen LogP contribution in [0.3, 0.4) is 0 Å². The van der Waals surface area contributed by atoms with Gasteiger partial charge in [-0.1, -0.05) is 17.7 Å². The van der Waals surface area contributed by atoms with Crippen LogP contribution < -0.4 is 5.32 Å². The van der Waals surface area contributed by atoms with Gasteiger partial charge in [0.2, 0.25) is 5.91 Å². The van der Waals surface area contributed by atoms with Gasteiger partial charge < -0.3 is 15.0 Å². The van der Waals surface area contributed by atoms with Crippen molar-refractivity contribution in [3.05, 3.63) is 29.8 Å². The van der Waals surface area contributed by atoms with E-state index in [2.05, 4.69) is 5.32 Å². The minimum Gasteiger partial charge on any atom is -0.444 e. The highest BCUT2D eigenvalue weighted by atomic mass is 32.2. The lowest BCUT2D eigenvalue weighted by atomic mass is 9.98. The molecule has 1 saturated heterocycles. The Morgan fingerprint density at radius 3 is 2.47 bits per heavy atom. The first kappa shape index (κ1) is 24.1. The molecule has 0 bridgehead atoms. The van der Waals surface area contributed by atoms with Gasteiger partial charge in [-0.2, -0.15) is 8.42 Å². The van der Waals surface area contributed by atoms with Crippen LogP contribution >= 0.6 is 0 Å². The van der Waals surface area contributed by atoms with Crippen LogP contribution in [0.5, 0.6) is 0 Å². The van der Waals surface area contributed by atoms with Crippen molar-refractivity contribution in [2.45, 2.75) is 64.0 Å². The van der Waals surface area contributed by atoms with Crippen molar-refractivity contribution in [3.8, 4) is 0 Å². The first-order valence-electron chi connectivity index (χ1n) is 10.1. The highest BCUT2D eigenvalue weighted by Gasteiger charge is 2.30. The van der Waals surface area contributed by atoms with E-state index in [9.17, 15) is 18.0 Å². The summed E-state index contributed by atoms with van der Waals surface area (Å²) in [5, 5.41) is 2.55. The highest BCUT2D eigenvalue weighted by molar-refractivity contribution is 7.86. The number of piperidine rings is 1. The van der Waals surface area contributed by atoms with E-state index < -0.39 is 27.9 Å². The van der Waals surface area contributed by atoms with Gasteiger partial charge in [0, 0.05) is 19.0 Å². The maximum atomic E-state index is 12.7. The molecule has 0 aliphatic carbocycles. The molecule has 9 heteroatoms. The van der Waals surface area contributed by atoms with Crippen molar-refractivity contribution in [3.63, 3.8) is 0 Å². The number of hydrogen-bond donors (Lipinski definition) is 1. The number of likely N-dealkylation sites (tertiary alicyclic amines) is 1. The molecule has 2 atom stereocenters. The Morgan fingerprint density at radius 1 is 1.23 bits per heavy atom. The number of nitrogens with zero attached hydrogens (tertiary/aromatic N) is 1. The van der Waals surface area contributed by atoms with Gasteiger partial charge >= 0.3 is 6.09 Å². The monoisotopic (exact) mass is 440 g/mol. The van der Waals surface area contributed by atoms with Crippen LogP contribution in [0.25, 0.3) is 0 Å². The molecule has 1 N–H and O–H groups in total. The second-order valence-electron chi connectivity index (χ2n) is 8.71. The van der Waals surface area contributed by atoms with E-state index in [-0.39, 0.29) is 23.3 Å². The van der Waals surface area contributed by atoms with Crippen molar-refractivity contribution in [1.82, 2.24) is 10.2 Å². The summed E-state index contributed by atoms with van der Waals surface area (Å²) in [6.45, 7) is 9.67. The van der Waals surface area contributed by atoms with Crippen molar-refractivity contribution in [2.75, 3.05) is 19.7 Å². The number of aryl methyl sites for hydroxylation is 1. The summed E-state index contributed by atoms with van der Waals surface area (Å²) in [5.74, 6) is -0.330. The van der Waals surface area contributed by atoms with Crippen LogP contribution in [0.4, 0.5) is 4.79 Å². The number of benzene rings is 1. The summed E-state index contributed by atoms with van der Waals surface area (Å²) < 4.78 is 35.2. The molecule has 8 nitrogen and oxygen atoms in total. The van der Waals surface area contributed by atoms with Gasteiger partial charge in [-0.25, -0.2) is 4.79 Å². The molecule has 1 heterocycles. The molecule has 1 aliphatic heterocycles. The van der Waals surface area contributed by atoms with Crippen LogP contribution in [0.15, 0.2) is 29.2 Å². The molecule has 0 spiro atoms. The Balaban J connectivity index is 1.89. The number of amides is 2. The van der Waals surface area contributed by atoms with Gasteiger partial charge in [0.1, 0.15) is 11.6 Å². The highest BCUT2D eigenvalue weighted by Crippen LogP contribution is 2.21. The summed E-state index contributed by atoms with van der Waals surface area (Å²) in [4.78, 5) is 26.3. The SMILES string of the molecule is Cc1ccc(S(=O)(=O)OCC2CCCN(C(=O)[C@H](C)NC(=O)OC(C)(C)C)C2)cc1. The zero-order valence-corrected chi connectivity index (χ0v) is 19.1. The van der Waals surface area contributed by atoms with Gasteiger partial charge in [-0.05, 0) is 59.6 Å². The van der Waals surface area contributed by atoms with Crippen LogP contribution in [0.2, 0.25) is 0 Å². The fourth-order valence-electron chi connectivity index (χ4n) is 3.18. The summed E-state index contributed by atoms with van der Waals surface area (Å²) in [6, 6.07) is 5.74. The van der Waals surface area contributed by atoms with E-state index in [1.54, 1.807) is 44.7 Å². The predicted octanol–water partition coefficient (Wildman–Crippen LogP) is 2.85. The van der Waals surface area contributed by atoms with Crippen molar-refractivity contribution in [2.24, 2.45) is 5.92 Å². The number of hydrogen-bond acceptors (Lipinski definition) is 6. The Hall–Kier alpha value is -2.13. The Kier molecular flexibility index (Phi) is 7.87. The lowest BCUT2D eigenvalue weighted by Crippen LogP contribution is -2.51. The molecule has 1 fully saturated rings. The van der Waals surface area contributed by atoms with Gasteiger partial charge in [0.25, 0.3) is 10.1 Å². The van der Waals surface area contributed by atoms with Gasteiger partial charge in [0.05, 0.1) is 11.5 Å². The third-order valence-corrected chi connectivity index (χ3v) is 6.00. The summed E-state index contributed by atoms with van der Waals surface area (Å²) in [7, 11) is -3.84. The fourth-order valence-corrected chi connectivity index (χ4v) is 4.16. The first-order valence-corrected chi connectivity index (χ1v) is 11.5. The zero-order chi connectivity index (χ0) is 22.5. The number of carbonyl (C=O) groups excluding carboxylic acids is 2. The fraction of sp³-hybridized carbons (Fsp3) is 0.619. The molecule has 2 amide bonds. The second kappa shape index (κ2) is 9.78. The molecular formula is C21H32N2O6S. The summed E-state index contributed by atoms with van der Waals surface area (Å²) >= 11 is 0. The van der Waals surface area contributed by atoms with Crippen molar-refractivity contribution < 1.29 is 26.9 Å². The Morgan fingerprint density at radius 2 is 1.87 bits per heavy atom. The molecular weight excluding hydrogens is 408 g/mol. The number of ether oxygens (including phenoxy) is 1. The average molecular weight is 441 g/mol. The normalized spacial score (nSPS) is 18.6. The van der Waals surface area contributed by atoms with Crippen LogP contribution in [-0.2, 0) is 23.8 Å². The van der Waals surface area contributed by atoms with Crippen molar-refractivity contribution >= 4 is 22.1 Å². The van der Waals surface area contributed by atoms with Gasteiger partial charge in [-0.3, -0.25) is 8.98 Å². The lowest BCUT2D eigenvalue weighted by molar-refractivity contribution is -0.135. The molecule has 0 aromatic heterocycles. The zero-order valence-electron chi connectivity index (χ0n) is 18.3. The Bertz CT molecular complexity index is 845. The molecule has 1 aromatic rings. The molecule has 168 valence electrons. The third kappa shape index (κ3) is 7.28. The third-order valence-electron chi connectivity index (χ3n) is 4.70. The smallest absolute Gasteiger partial charge is 0.408 e. The van der Waals surface area contributed by atoms with E-state index in [1.165, 1.54) is 12.1 Å². The maximum Gasteiger partial charge on any atom is 0.408 e. The molecule has 30 heavy (non-hydrogen) atoms. The molecule has 0 saturated carbocycles. The van der Waals surface area contributed by atoms with Crippen molar-refractivity contribution in [1.29, 1.82) is 0 Å². The first-order chi connectivity index (χ1) is 13.9. The second-order valence-corrected chi connectivity index (χ2v) is 10.3. The number of rotatable bonds is 6. The molecule has 2 rings (SSSR count). The number of carbonyl (C=O) groups is 2. The molecule has 1 aliphatic rings. The topological polar surface area (TPSA) is 102 Å². The van der Waals surface area contributed by atoms with Crippen LogP contribution in [-0.4, -0.2) is 56.7 Å². The summed E-state index contributed by atoms with van der Waals surface area (Å²) in [5.41, 5.74) is 0.313. The molecule has 0 radical (unpaired) electrons. The van der Waals surface area contributed by atoms with E-state index in [0.717, 1.165) is 18.4 Å². The minimum atomic E-state index is -3.84. The van der Waals surface area contributed by atoms with Crippen LogP contribution in [0.1, 0.15) is 46.1 Å².